The number of carbonyl (C=O) groups is 4. The van der Waals surface area contributed by atoms with Crippen molar-refractivity contribution in [2.75, 3.05) is 0 Å². The predicted molar refractivity (Wildman–Crippen MR) is 275 cm³/mol. The van der Waals surface area contributed by atoms with Gasteiger partial charge in [0.25, 0.3) is 17.1 Å². The predicted octanol–water partition coefficient (Wildman–Crippen LogP) is 14.7. The maximum atomic E-state index is 13.9. The second kappa shape index (κ2) is 19.9. The normalized spacial score (nSPS) is 23.8. The molecule has 14 heteroatoms. The first kappa shape index (κ1) is 51.6. The fourth-order valence-corrected chi connectivity index (χ4v) is 11.9. The molecule has 2 spiro atoms. The molecule has 0 unspecified atom stereocenters. The van der Waals surface area contributed by atoms with E-state index in [9.17, 15) is 24.3 Å². The molecule has 0 aromatic heterocycles. The van der Waals surface area contributed by atoms with E-state index < -0.39 is 22.5 Å². The van der Waals surface area contributed by atoms with Crippen molar-refractivity contribution in [2.45, 2.75) is 130 Å². The average Bonchev–Trinajstić information content (AvgIpc) is 3.70. The SMILES string of the molecule is C[C@H](c1ccc(C(=O)Cl)cc1)N1C(=O)C(c2cc(Cl)cc(Cl)c2)=NC12CCC(C(C)(C)C)CC2.C[C@H](c1ccc(C(=O)O)cc1)N1C(=O)C(c2cc(Cl)cc(Cl)c2)=NC12CCC(C(C)(C)C)CC2. The Bertz CT molecular complexity index is 2430. The van der Waals surface area contributed by atoms with Gasteiger partial charge in [0.15, 0.2) is 0 Å². The number of amides is 2. The lowest BCUT2D eigenvalue weighted by molar-refractivity contribution is -0.133. The first-order chi connectivity index (χ1) is 31.8. The molecule has 8 rings (SSSR count). The van der Waals surface area contributed by atoms with E-state index in [2.05, 4.69) is 41.5 Å². The van der Waals surface area contributed by atoms with Crippen LogP contribution in [0.1, 0.15) is 162 Å². The van der Waals surface area contributed by atoms with Crippen LogP contribution in [0.25, 0.3) is 0 Å². The molecule has 2 fully saturated rings. The third-order valence-electron chi connectivity index (χ3n) is 14.7. The van der Waals surface area contributed by atoms with Crippen LogP contribution in [0.2, 0.25) is 20.1 Å². The van der Waals surface area contributed by atoms with Gasteiger partial charge in [-0.05, 0) is 171 Å². The Morgan fingerprint density at radius 3 is 1.16 bits per heavy atom. The van der Waals surface area contributed by atoms with Crippen molar-refractivity contribution in [3.05, 3.63) is 138 Å². The van der Waals surface area contributed by atoms with Crippen molar-refractivity contribution >= 4 is 92.5 Å². The van der Waals surface area contributed by atoms with Gasteiger partial charge in [-0.3, -0.25) is 24.4 Å². The molecule has 0 bridgehead atoms. The zero-order chi connectivity index (χ0) is 49.7. The largest absolute Gasteiger partial charge is 0.478 e. The first-order valence-electron chi connectivity index (χ1n) is 23.3. The molecule has 68 heavy (non-hydrogen) atoms. The fraction of sp³-hybridized carbons (Fsp3) is 0.444. The Morgan fingerprint density at radius 2 is 0.882 bits per heavy atom. The molecule has 2 heterocycles. The highest BCUT2D eigenvalue weighted by Crippen LogP contribution is 2.51. The Balaban J connectivity index is 0.000000201. The second-order valence-corrected chi connectivity index (χ2v) is 23.1. The van der Waals surface area contributed by atoms with Gasteiger partial charge in [-0.2, -0.15) is 0 Å². The number of aliphatic imine (C=N–C) groups is 2. The zero-order valence-corrected chi connectivity index (χ0v) is 43.6. The lowest BCUT2D eigenvalue weighted by Crippen LogP contribution is -2.50. The minimum Gasteiger partial charge on any atom is -0.478 e. The molecule has 2 amide bonds. The molecule has 360 valence electrons. The number of hydrogen-bond donors (Lipinski definition) is 1. The van der Waals surface area contributed by atoms with Crippen LogP contribution < -0.4 is 0 Å². The van der Waals surface area contributed by atoms with Gasteiger partial charge in [-0.15, -0.1) is 0 Å². The Morgan fingerprint density at radius 1 is 0.574 bits per heavy atom. The van der Waals surface area contributed by atoms with Crippen LogP contribution in [0.5, 0.6) is 0 Å². The van der Waals surface area contributed by atoms with Gasteiger partial charge >= 0.3 is 5.97 Å². The molecule has 0 radical (unpaired) electrons. The van der Waals surface area contributed by atoms with E-state index in [4.69, 9.17) is 68.0 Å². The molecule has 4 aliphatic rings. The van der Waals surface area contributed by atoms with E-state index >= 15 is 0 Å². The quantitative estimate of drug-likeness (QED) is 0.176. The molecule has 2 aliphatic carbocycles. The average molecular weight is 1020 g/mol. The highest BCUT2D eigenvalue weighted by Gasteiger charge is 2.53. The summed E-state index contributed by atoms with van der Waals surface area (Å²) < 4.78 is 0. The van der Waals surface area contributed by atoms with Gasteiger partial charge in [0.05, 0.1) is 17.6 Å². The Kier molecular flexibility index (Phi) is 15.1. The Hall–Kier alpha value is -4.25. The number of benzene rings is 4. The van der Waals surface area contributed by atoms with Crippen LogP contribution in [0.15, 0.2) is 94.9 Å². The molecule has 2 saturated carbocycles. The molecule has 0 saturated heterocycles. The van der Waals surface area contributed by atoms with Gasteiger partial charge in [-0.1, -0.05) is 112 Å². The summed E-state index contributed by atoms with van der Waals surface area (Å²) in [5.41, 5.74) is 3.61. The monoisotopic (exact) mass is 1020 g/mol. The molecule has 9 nitrogen and oxygen atoms in total. The summed E-state index contributed by atoms with van der Waals surface area (Å²) in [6, 6.07) is 23.6. The summed E-state index contributed by atoms with van der Waals surface area (Å²) in [6.45, 7) is 17.6. The van der Waals surface area contributed by atoms with Gasteiger partial charge in [0.1, 0.15) is 22.7 Å². The van der Waals surface area contributed by atoms with Crippen LogP contribution in [-0.4, -0.2) is 60.7 Å². The van der Waals surface area contributed by atoms with E-state index in [1.54, 1.807) is 72.8 Å². The topological polar surface area (TPSA) is 120 Å². The third kappa shape index (κ3) is 10.7. The molecule has 2 aliphatic heterocycles. The smallest absolute Gasteiger partial charge is 0.335 e. The summed E-state index contributed by atoms with van der Waals surface area (Å²) in [7, 11) is 0. The highest BCUT2D eigenvalue weighted by molar-refractivity contribution is 6.67. The van der Waals surface area contributed by atoms with Gasteiger partial charge in [0.2, 0.25) is 0 Å². The fourth-order valence-electron chi connectivity index (χ4n) is 10.7. The first-order valence-corrected chi connectivity index (χ1v) is 25.1. The van der Waals surface area contributed by atoms with E-state index in [-0.39, 0.29) is 40.3 Å². The lowest BCUT2D eigenvalue weighted by Gasteiger charge is -2.46. The van der Waals surface area contributed by atoms with Crippen LogP contribution in [-0.2, 0) is 9.59 Å². The summed E-state index contributed by atoms with van der Waals surface area (Å²) in [5, 5.41) is 10.6. The minimum absolute atomic E-state index is 0.127. The lowest BCUT2D eigenvalue weighted by atomic mass is 9.69. The molecular weight excluding hydrogens is 962 g/mol. The summed E-state index contributed by atoms with van der Waals surface area (Å²) >= 11 is 30.6. The van der Waals surface area contributed by atoms with Crippen molar-refractivity contribution in [1.29, 1.82) is 0 Å². The minimum atomic E-state index is -0.975. The van der Waals surface area contributed by atoms with Crippen molar-refractivity contribution in [1.82, 2.24) is 9.80 Å². The summed E-state index contributed by atoms with van der Waals surface area (Å²) in [5.74, 6) is -0.129. The zero-order valence-electron chi connectivity index (χ0n) is 39.8. The van der Waals surface area contributed by atoms with Crippen molar-refractivity contribution < 1.29 is 24.3 Å². The molecule has 2 atom stereocenters. The third-order valence-corrected chi connectivity index (χ3v) is 15.8. The van der Waals surface area contributed by atoms with Crippen LogP contribution in [0.4, 0.5) is 0 Å². The molecular formula is C54H59Cl5N4O5. The molecule has 4 aromatic carbocycles. The van der Waals surface area contributed by atoms with E-state index in [1.165, 1.54) is 0 Å². The number of carbonyl (C=O) groups excluding carboxylic acids is 3. The summed E-state index contributed by atoms with van der Waals surface area (Å²) in [6.07, 6.45) is 7.07. The van der Waals surface area contributed by atoms with Gasteiger partial charge in [-0.25, -0.2) is 4.79 Å². The maximum Gasteiger partial charge on any atom is 0.335 e. The number of aromatic carboxylic acids is 1. The van der Waals surface area contributed by atoms with Crippen LogP contribution in [0.3, 0.4) is 0 Å². The second-order valence-electron chi connectivity index (χ2n) is 21.0. The van der Waals surface area contributed by atoms with Crippen molar-refractivity contribution in [2.24, 2.45) is 32.7 Å². The van der Waals surface area contributed by atoms with Gasteiger partial charge in [0, 0.05) is 36.8 Å². The van der Waals surface area contributed by atoms with Crippen LogP contribution in [0, 0.1) is 22.7 Å². The number of halogens is 5. The number of carboxylic acid groups (broad SMARTS) is 1. The van der Waals surface area contributed by atoms with Crippen molar-refractivity contribution in [3.8, 4) is 0 Å². The Labute approximate surface area is 425 Å². The van der Waals surface area contributed by atoms with Gasteiger partial charge < -0.3 is 14.9 Å². The number of hydrogen-bond acceptors (Lipinski definition) is 6. The summed E-state index contributed by atoms with van der Waals surface area (Å²) in [4.78, 5) is 64.6. The maximum absolute atomic E-state index is 13.9. The standard InChI is InChI=1S/C27H29Cl3N2O2.C27H30Cl2N2O3/c1-16(17-5-7-18(8-6-17)24(30)33)32-25(34)23(19-13-21(28)15-22(29)14-19)31-27(32)11-9-20(10-12-27)26(2,3)4;1-16(17-5-7-18(8-6-17)25(33)34)31-24(32)23(19-13-21(28)15-22(29)14-19)30-27(31)11-9-20(10-12-27)26(2,3)4/h5-8,13-16,20H,9-12H2,1-4H3;5-8,13-16,20H,9-12H2,1-4H3,(H,33,34)/t2*16-,20?,27?/m11/s1. The highest BCUT2D eigenvalue weighted by atomic mass is 35.5. The molecule has 4 aromatic rings. The van der Waals surface area contributed by atoms with Crippen LogP contribution >= 0.6 is 58.0 Å². The van der Waals surface area contributed by atoms with E-state index in [0.29, 0.717) is 60.0 Å². The number of nitrogens with zero attached hydrogens (tertiary/aromatic N) is 4. The van der Waals surface area contributed by atoms with E-state index in [0.717, 1.165) is 62.5 Å². The number of rotatable bonds is 8. The van der Waals surface area contributed by atoms with Crippen molar-refractivity contribution in [3.63, 3.8) is 0 Å². The molecule has 1 N–H and O–H groups in total. The number of carboxylic acids is 1. The van der Waals surface area contributed by atoms with E-state index in [1.807, 2.05) is 35.8 Å².